The van der Waals surface area contributed by atoms with Crippen molar-refractivity contribution in [1.29, 1.82) is 5.26 Å². The zero-order chi connectivity index (χ0) is 23.2. The van der Waals surface area contributed by atoms with Gasteiger partial charge in [0.15, 0.2) is 9.84 Å². The molecule has 1 aliphatic carbocycles. The first-order valence-electron chi connectivity index (χ1n) is 8.52. The van der Waals surface area contributed by atoms with Crippen LogP contribution in [0.4, 0.5) is 22.0 Å². The lowest BCUT2D eigenvalue weighted by atomic mass is 9.75. The summed E-state index contributed by atoms with van der Waals surface area (Å²) in [5, 5.41) is 8.85. The minimum absolute atomic E-state index is 0.120. The van der Waals surface area contributed by atoms with Crippen molar-refractivity contribution < 1.29 is 38.8 Å². The van der Waals surface area contributed by atoms with Crippen LogP contribution in [-0.4, -0.2) is 28.4 Å². The van der Waals surface area contributed by atoms with Gasteiger partial charge >= 0.3 is 15.5 Å². The predicted octanol–water partition coefficient (Wildman–Crippen LogP) is 3.11. The summed E-state index contributed by atoms with van der Waals surface area (Å²) in [7, 11) is -10.3. The van der Waals surface area contributed by atoms with Crippen LogP contribution >= 0.6 is 0 Å². The predicted molar refractivity (Wildman–Crippen MR) is 97.5 cm³/mol. The summed E-state index contributed by atoms with van der Waals surface area (Å²) in [6, 6.07) is 6.78. The Hall–Kier alpha value is -2.56. The van der Waals surface area contributed by atoms with E-state index in [1.165, 1.54) is 16.9 Å². The Balaban J connectivity index is 2.08. The van der Waals surface area contributed by atoms with Gasteiger partial charge in [0.2, 0.25) is 0 Å². The normalized spacial score (nSPS) is 21.9. The van der Waals surface area contributed by atoms with Gasteiger partial charge in [0.05, 0.1) is 16.5 Å². The van der Waals surface area contributed by atoms with E-state index in [-0.39, 0.29) is 10.5 Å². The molecule has 31 heavy (non-hydrogen) atoms. The summed E-state index contributed by atoms with van der Waals surface area (Å²) in [6.45, 7) is 0. The van der Waals surface area contributed by atoms with E-state index in [1.807, 2.05) is 0 Å². The van der Waals surface area contributed by atoms with E-state index < -0.39 is 66.2 Å². The van der Waals surface area contributed by atoms with Gasteiger partial charge in [-0.2, -0.15) is 18.4 Å². The van der Waals surface area contributed by atoms with Gasteiger partial charge < -0.3 is 0 Å². The number of halogens is 5. The Morgan fingerprint density at radius 2 is 1.58 bits per heavy atom. The average molecular weight is 480 g/mol. The molecule has 0 aliphatic heterocycles. The monoisotopic (exact) mass is 480 g/mol. The van der Waals surface area contributed by atoms with Crippen LogP contribution in [0, 0.1) is 23.0 Å². The molecule has 0 spiro atoms. The highest BCUT2D eigenvalue weighted by molar-refractivity contribution is 7.92. The Morgan fingerprint density at radius 1 is 1.00 bits per heavy atom. The molecule has 0 heterocycles. The molecule has 0 aromatic heterocycles. The molecule has 1 aliphatic rings. The molecule has 0 bridgehead atoms. The van der Waals surface area contributed by atoms with Crippen LogP contribution in [0.15, 0.2) is 47.4 Å². The maximum absolute atomic E-state index is 14.5. The molecule has 2 aromatic carbocycles. The maximum atomic E-state index is 14.5. The standard InChI is InChI=1S/C18H13F5N2O4S2/c19-12-3-6-16(20)15(7-12)17(8-13(9-17)25-31(28,29)18(21,22)23)30(26,27)14-4-1-11(10-24)2-5-14/h1-7,13,25H,8-9H2/t13-,17-. The number of sulfone groups is 1. The second-order valence-electron chi connectivity index (χ2n) is 6.93. The fourth-order valence-electron chi connectivity index (χ4n) is 3.47. The van der Waals surface area contributed by atoms with Gasteiger partial charge in [-0.05, 0) is 55.3 Å². The van der Waals surface area contributed by atoms with E-state index in [1.54, 1.807) is 6.07 Å². The molecule has 0 amide bonds. The quantitative estimate of drug-likeness (QED) is 0.663. The van der Waals surface area contributed by atoms with Crippen molar-refractivity contribution in [3.8, 4) is 6.07 Å². The lowest BCUT2D eigenvalue weighted by Gasteiger charge is -2.47. The Bertz CT molecular complexity index is 1260. The van der Waals surface area contributed by atoms with E-state index in [0.717, 1.165) is 18.2 Å². The highest BCUT2D eigenvalue weighted by Gasteiger charge is 2.59. The Morgan fingerprint density at radius 3 is 2.10 bits per heavy atom. The van der Waals surface area contributed by atoms with Gasteiger partial charge in [-0.3, -0.25) is 0 Å². The number of sulfonamides is 1. The van der Waals surface area contributed by atoms with E-state index in [4.69, 9.17) is 5.26 Å². The van der Waals surface area contributed by atoms with Crippen molar-refractivity contribution in [1.82, 2.24) is 4.72 Å². The molecule has 1 fully saturated rings. The number of hydrogen-bond acceptors (Lipinski definition) is 5. The number of benzene rings is 2. The van der Waals surface area contributed by atoms with Crippen molar-refractivity contribution in [2.24, 2.45) is 0 Å². The van der Waals surface area contributed by atoms with Crippen molar-refractivity contribution >= 4 is 19.9 Å². The summed E-state index contributed by atoms with van der Waals surface area (Å²) >= 11 is 0. The number of alkyl halides is 3. The first-order valence-corrected chi connectivity index (χ1v) is 11.5. The van der Waals surface area contributed by atoms with Crippen LogP contribution in [0.1, 0.15) is 24.0 Å². The summed E-state index contributed by atoms with van der Waals surface area (Å²) in [5.41, 5.74) is -6.13. The molecule has 0 unspecified atom stereocenters. The van der Waals surface area contributed by atoms with Crippen molar-refractivity contribution in [2.45, 2.75) is 34.0 Å². The van der Waals surface area contributed by atoms with Crippen LogP contribution in [0.3, 0.4) is 0 Å². The number of nitriles is 1. The third kappa shape index (κ3) is 3.90. The van der Waals surface area contributed by atoms with Crippen molar-refractivity contribution in [3.63, 3.8) is 0 Å². The molecular formula is C18H13F5N2O4S2. The topological polar surface area (TPSA) is 104 Å². The van der Waals surface area contributed by atoms with Crippen LogP contribution in [0.25, 0.3) is 0 Å². The number of nitrogens with one attached hydrogen (secondary N) is 1. The highest BCUT2D eigenvalue weighted by Crippen LogP contribution is 2.52. The second-order valence-corrected chi connectivity index (χ2v) is 10.9. The van der Waals surface area contributed by atoms with Gasteiger partial charge in [-0.15, -0.1) is 0 Å². The van der Waals surface area contributed by atoms with Gasteiger partial charge in [0.25, 0.3) is 0 Å². The molecule has 2 aromatic rings. The van der Waals surface area contributed by atoms with Crippen LogP contribution < -0.4 is 4.72 Å². The molecule has 3 rings (SSSR count). The highest BCUT2D eigenvalue weighted by atomic mass is 32.2. The van der Waals surface area contributed by atoms with Gasteiger partial charge in [0.1, 0.15) is 16.4 Å². The van der Waals surface area contributed by atoms with Crippen molar-refractivity contribution in [3.05, 3.63) is 65.2 Å². The first kappa shape index (κ1) is 23.1. The largest absolute Gasteiger partial charge is 0.511 e. The Labute approximate surface area is 174 Å². The smallest absolute Gasteiger partial charge is 0.223 e. The summed E-state index contributed by atoms with van der Waals surface area (Å²) in [6.07, 6.45) is -1.52. The lowest BCUT2D eigenvalue weighted by Crippen LogP contribution is -2.58. The van der Waals surface area contributed by atoms with Gasteiger partial charge in [-0.25, -0.2) is 30.3 Å². The molecule has 0 saturated heterocycles. The first-order chi connectivity index (χ1) is 14.2. The van der Waals surface area contributed by atoms with Gasteiger partial charge in [0, 0.05) is 11.6 Å². The summed E-state index contributed by atoms with van der Waals surface area (Å²) < 4.78 is 115. The zero-order valence-electron chi connectivity index (χ0n) is 15.3. The van der Waals surface area contributed by atoms with Crippen LogP contribution in [0.5, 0.6) is 0 Å². The van der Waals surface area contributed by atoms with E-state index >= 15 is 0 Å². The fraction of sp³-hybridized carbons (Fsp3) is 0.278. The third-order valence-corrected chi connectivity index (χ3v) is 8.73. The molecule has 0 radical (unpaired) electrons. The van der Waals surface area contributed by atoms with Gasteiger partial charge in [-0.1, -0.05) is 0 Å². The fourth-order valence-corrected chi connectivity index (χ4v) is 6.44. The van der Waals surface area contributed by atoms with Crippen LogP contribution in [0.2, 0.25) is 0 Å². The number of hydrogen-bond donors (Lipinski definition) is 1. The average Bonchev–Trinajstić information content (AvgIpc) is 2.65. The van der Waals surface area contributed by atoms with Crippen molar-refractivity contribution in [2.75, 3.05) is 0 Å². The zero-order valence-corrected chi connectivity index (χ0v) is 17.0. The van der Waals surface area contributed by atoms with E-state index in [0.29, 0.717) is 12.1 Å². The lowest BCUT2D eigenvalue weighted by molar-refractivity contribution is -0.0455. The summed E-state index contributed by atoms with van der Waals surface area (Å²) in [4.78, 5) is -0.382. The summed E-state index contributed by atoms with van der Waals surface area (Å²) in [5.74, 6) is -2.10. The molecule has 0 atom stereocenters. The number of rotatable bonds is 5. The number of nitrogens with zero attached hydrogens (tertiary/aromatic N) is 1. The second kappa shape index (κ2) is 7.54. The van der Waals surface area contributed by atoms with Crippen LogP contribution in [-0.2, 0) is 24.6 Å². The molecule has 1 N–H and O–H groups in total. The molecular weight excluding hydrogens is 467 g/mol. The maximum Gasteiger partial charge on any atom is 0.511 e. The minimum atomic E-state index is -5.78. The molecule has 1 saturated carbocycles. The third-order valence-electron chi connectivity index (χ3n) is 5.01. The Kier molecular flexibility index (Phi) is 5.62. The SMILES string of the molecule is N#Cc1ccc(S(=O)(=O)[C@]2(c3cc(F)ccc3F)C[C@@H](NS(=O)(=O)C(F)(F)F)C2)cc1. The molecule has 6 nitrogen and oxygen atoms in total. The van der Waals surface area contributed by atoms with E-state index in [2.05, 4.69) is 0 Å². The molecule has 166 valence electrons. The molecule has 13 heteroatoms. The minimum Gasteiger partial charge on any atom is -0.223 e. The van der Waals surface area contributed by atoms with E-state index in [9.17, 15) is 38.8 Å².